The maximum Gasteiger partial charge on any atom is 0.262 e. The summed E-state index contributed by atoms with van der Waals surface area (Å²) in [5, 5.41) is 12.6. The number of carbonyl (C=O) groups excluding carboxylic acids is 1. The molecule has 0 bridgehead atoms. The third-order valence-electron chi connectivity index (χ3n) is 5.96. The molecule has 38 heavy (non-hydrogen) atoms. The lowest BCUT2D eigenvalue weighted by molar-refractivity contribution is -0.117. The van der Waals surface area contributed by atoms with Gasteiger partial charge in [-0.15, -0.1) is 0 Å². The summed E-state index contributed by atoms with van der Waals surface area (Å²) in [6.07, 6.45) is 2.56. The first-order valence-corrected chi connectivity index (χ1v) is 13.1. The number of amides is 1. The van der Waals surface area contributed by atoms with Crippen molar-refractivity contribution < 1.29 is 19.0 Å². The molecule has 0 saturated heterocycles. The minimum atomic E-state index is -0.472. The molecule has 3 rings (SSSR count). The van der Waals surface area contributed by atoms with Crippen molar-refractivity contribution in [3.05, 3.63) is 94.0 Å². The van der Waals surface area contributed by atoms with Crippen LogP contribution >= 0.6 is 11.6 Å². The van der Waals surface area contributed by atoms with E-state index in [2.05, 4.69) is 31.3 Å². The van der Waals surface area contributed by atoms with E-state index in [1.807, 2.05) is 55.5 Å². The Hall–Kier alpha value is -3.95. The smallest absolute Gasteiger partial charge is 0.262 e. The summed E-state index contributed by atoms with van der Waals surface area (Å²) in [5.74, 6) is 1.61. The molecule has 0 saturated carbocycles. The van der Waals surface area contributed by atoms with E-state index in [9.17, 15) is 10.1 Å². The van der Waals surface area contributed by atoms with Gasteiger partial charge in [0.15, 0.2) is 11.5 Å². The van der Waals surface area contributed by atoms with Crippen molar-refractivity contribution in [1.29, 1.82) is 5.26 Å². The molecule has 0 aliphatic heterocycles. The largest absolute Gasteiger partial charge is 0.490 e. The average molecular weight is 533 g/mol. The monoisotopic (exact) mass is 532 g/mol. The van der Waals surface area contributed by atoms with E-state index in [4.69, 9.17) is 25.8 Å². The predicted octanol–water partition coefficient (Wildman–Crippen LogP) is 6.93. The molecular weight excluding hydrogens is 500 g/mol. The van der Waals surface area contributed by atoms with Crippen LogP contribution in [0.25, 0.3) is 6.08 Å². The van der Waals surface area contributed by atoms with Gasteiger partial charge in [-0.25, -0.2) is 0 Å². The number of hydrogen-bond donors (Lipinski definition) is 1. The minimum absolute atomic E-state index is 0.0409. The average Bonchev–Trinajstić information content (AvgIpc) is 2.94. The zero-order valence-electron chi connectivity index (χ0n) is 22.0. The van der Waals surface area contributed by atoms with Gasteiger partial charge < -0.3 is 19.5 Å². The molecule has 0 unspecified atom stereocenters. The number of rotatable bonds is 13. The normalized spacial score (nSPS) is 11.8. The Labute approximate surface area is 229 Å². The topological polar surface area (TPSA) is 80.6 Å². The van der Waals surface area contributed by atoms with Gasteiger partial charge in [0.05, 0.1) is 11.6 Å². The summed E-state index contributed by atoms with van der Waals surface area (Å²) < 4.78 is 17.4. The van der Waals surface area contributed by atoms with E-state index < -0.39 is 5.91 Å². The molecule has 1 N–H and O–H groups in total. The standard InChI is InChI=1S/C31H33ClN2O4/c1-4-22(3)25-11-13-27(14-12-25)37-15-16-38-30-28(32)18-24(19-29(30)36-5-2)17-26(20-33)31(35)34-21-23-9-7-6-8-10-23/h6-14,17-19,22H,4-5,15-16,21H2,1-3H3,(H,34,35)/b26-17+/t22-/m1/s1. The van der Waals surface area contributed by atoms with Crippen LogP contribution in [0.2, 0.25) is 5.02 Å². The van der Waals surface area contributed by atoms with Crippen LogP contribution in [-0.2, 0) is 11.3 Å². The van der Waals surface area contributed by atoms with Gasteiger partial charge in [0.1, 0.15) is 30.6 Å². The first kappa shape index (κ1) is 28.6. The highest BCUT2D eigenvalue weighted by Crippen LogP contribution is 2.37. The van der Waals surface area contributed by atoms with Crippen molar-refractivity contribution in [2.75, 3.05) is 19.8 Å². The fraction of sp³-hybridized carbons (Fsp3) is 0.290. The van der Waals surface area contributed by atoms with Crippen molar-refractivity contribution in [3.8, 4) is 23.3 Å². The van der Waals surface area contributed by atoms with E-state index in [-0.39, 0.29) is 12.2 Å². The summed E-state index contributed by atoms with van der Waals surface area (Å²) >= 11 is 6.52. The van der Waals surface area contributed by atoms with Crippen LogP contribution in [0, 0.1) is 11.3 Å². The highest BCUT2D eigenvalue weighted by Gasteiger charge is 2.15. The maximum absolute atomic E-state index is 12.6. The van der Waals surface area contributed by atoms with Crippen LogP contribution in [0.5, 0.6) is 17.2 Å². The van der Waals surface area contributed by atoms with Crippen LogP contribution in [0.15, 0.2) is 72.3 Å². The molecule has 0 heterocycles. The summed E-state index contributed by atoms with van der Waals surface area (Å²) in [6, 6.07) is 22.9. The molecule has 7 heteroatoms. The van der Waals surface area contributed by atoms with Crippen LogP contribution in [0.1, 0.15) is 49.8 Å². The van der Waals surface area contributed by atoms with Gasteiger partial charge >= 0.3 is 0 Å². The van der Waals surface area contributed by atoms with Crippen LogP contribution in [0.4, 0.5) is 0 Å². The van der Waals surface area contributed by atoms with Crippen LogP contribution in [0.3, 0.4) is 0 Å². The first-order valence-electron chi connectivity index (χ1n) is 12.7. The second kappa shape index (κ2) is 14.7. The Balaban J connectivity index is 1.64. The van der Waals surface area contributed by atoms with E-state index in [0.29, 0.717) is 47.8 Å². The van der Waals surface area contributed by atoms with Crippen molar-refractivity contribution in [2.45, 2.75) is 39.7 Å². The number of nitrogens with zero attached hydrogens (tertiary/aromatic N) is 1. The van der Waals surface area contributed by atoms with E-state index in [1.54, 1.807) is 12.1 Å². The molecule has 3 aromatic carbocycles. The predicted molar refractivity (Wildman–Crippen MR) is 151 cm³/mol. The van der Waals surface area contributed by atoms with Crippen molar-refractivity contribution in [3.63, 3.8) is 0 Å². The molecule has 6 nitrogen and oxygen atoms in total. The Kier molecular flexibility index (Phi) is 11.1. The van der Waals surface area contributed by atoms with Gasteiger partial charge in [-0.1, -0.05) is 67.9 Å². The minimum Gasteiger partial charge on any atom is -0.490 e. The number of nitriles is 1. The molecule has 1 atom stereocenters. The molecule has 0 radical (unpaired) electrons. The summed E-state index contributed by atoms with van der Waals surface area (Å²) in [7, 11) is 0. The Morgan fingerprint density at radius 3 is 2.39 bits per heavy atom. The summed E-state index contributed by atoms with van der Waals surface area (Å²) in [4.78, 5) is 12.6. The zero-order valence-corrected chi connectivity index (χ0v) is 22.8. The van der Waals surface area contributed by atoms with E-state index >= 15 is 0 Å². The van der Waals surface area contributed by atoms with Gasteiger partial charge in [-0.2, -0.15) is 5.26 Å². The summed E-state index contributed by atoms with van der Waals surface area (Å²) in [5.41, 5.74) is 2.73. The van der Waals surface area contributed by atoms with E-state index in [1.165, 1.54) is 11.6 Å². The van der Waals surface area contributed by atoms with Gasteiger partial charge in [0, 0.05) is 6.54 Å². The zero-order chi connectivity index (χ0) is 27.3. The molecule has 0 aliphatic rings. The number of hydrogen-bond acceptors (Lipinski definition) is 5. The fourth-order valence-corrected chi connectivity index (χ4v) is 3.97. The SMILES string of the molecule is CCOc1cc(/C=C(\C#N)C(=O)NCc2ccccc2)cc(Cl)c1OCCOc1ccc([C@H](C)CC)cc1. The number of ether oxygens (including phenoxy) is 3. The number of benzene rings is 3. The lowest BCUT2D eigenvalue weighted by Gasteiger charge is -2.15. The van der Waals surface area contributed by atoms with Gasteiger partial charge in [0.25, 0.3) is 5.91 Å². The third-order valence-corrected chi connectivity index (χ3v) is 6.24. The molecule has 3 aromatic rings. The molecule has 198 valence electrons. The lowest BCUT2D eigenvalue weighted by Crippen LogP contribution is -2.23. The van der Waals surface area contributed by atoms with Gasteiger partial charge in [0.2, 0.25) is 0 Å². The molecule has 0 fully saturated rings. The second-order valence-corrected chi connectivity index (χ2v) is 9.08. The molecule has 0 spiro atoms. The number of carbonyl (C=O) groups is 1. The van der Waals surface area contributed by atoms with Crippen molar-refractivity contribution in [2.24, 2.45) is 0 Å². The highest BCUT2D eigenvalue weighted by atomic mass is 35.5. The van der Waals surface area contributed by atoms with E-state index in [0.717, 1.165) is 17.7 Å². The molecular formula is C31H33ClN2O4. The maximum atomic E-state index is 12.6. The molecule has 0 aromatic heterocycles. The van der Waals surface area contributed by atoms with Gasteiger partial charge in [-0.05, 0) is 66.3 Å². The first-order chi connectivity index (χ1) is 18.4. The van der Waals surface area contributed by atoms with Crippen LogP contribution in [-0.4, -0.2) is 25.7 Å². The van der Waals surface area contributed by atoms with Crippen molar-refractivity contribution >= 4 is 23.6 Å². The summed E-state index contributed by atoms with van der Waals surface area (Å²) in [6.45, 7) is 7.52. The Morgan fingerprint density at radius 2 is 1.74 bits per heavy atom. The Bertz CT molecular complexity index is 1270. The molecule has 0 aliphatic carbocycles. The highest BCUT2D eigenvalue weighted by molar-refractivity contribution is 6.32. The number of halogens is 1. The Morgan fingerprint density at radius 1 is 1.03 bits per heavy atom. The third kappa shape index (κ3) is 8.29. The fourth-order valence-electron chi connectivity index (χ4n) is 3.69. The molecule has 1 amide bonds. The number of nitrogens with one attached hydrogen (secondary N) is 1. The van der Waals surface area contributed by atoms with Gasteiger partial charge in [-0.3, -0.25) is 4.79 Å². The second-order valence-electron chi connectivity index (χ2n) is 8.68. The quantitative estimate of drug-likeness (QED) is 0.146. The lowest BCUT2D eigenvalue weighted by atomic mass is 9.99. The van der Waals surface area contributed by atoms with Crippen LogP contribution < -0.4 is 19.5 Å². The van der Waals surface area contributed by atoms with Crippen molar-refractivity contribution in [1.82, 2.24) is 5.32 Å².